The minimum absolute atomic E-state index is 0.183. The fraction of sp³-hybridized carbons (Fsp3) is 0.278. The van der Waals surface area contributed by atoms with E-state index in [1.165, 1.54) is 11.1 Å². The molecule has 108 valence electrons. The van der Waals surface area contributed by atoms with Crippen LogP contribution >= 0.6 is 0 Å². The summed E-state index contributed by atoms with van der Waals surface area (Å²) in [7, 11) is 0. The number of carbonyl (C=O) groups is 1. The highest BCUT2D eigenvalue weighted by molar-refractivity contribution is 5.79. The van der Waals surface area contributed by atoms with E-state index < -0.39 is 0 Å². The zero-order valence-corrected chi connectivity index (χ0v) is 12.0. The van der Waals surface area contributed by atoms with Crippen molar-refractivity contribution in [3.8, 4) is 0 Å². The minimum Gasteiger partial charge on any atom is -0.336 e. The van der Waals surface area contributed by atoms with E-state index in [-0.39, 0.29) is 5.91 Å². The highest BCUT2D eigenvalue weighted by Gasteiger charge is 2.25. The first kappa shape index (κ1) is 13.8. The SMILES string of the molecule is O=C1CNC(Cc2ccccc2)CN1Cc1ccccc1. The monoisotopic (exact) mass is 280 g/mol. The molecule has 1 fully saturated rings. The summed E-state index contributed by atoms with van der Waals surface area (Å²) in [6.07, 6.45) is 0.958. The number of nitrogens with one attached hydrogen (secondary N) is 1. The fourth-order valence-electron chi connectivity index (χ4n) is 2.77. The van der Waals surface area contributed by atoms with Gasteiger partial charge in [0.2, 0.25) is 5.91 Å². The van der Waals surface area contributed by atoms with Gasteiger partial charge in [-0.3, -0.25) is 4.79 Å². The quantitative estimate of drug-likeness (QED) is 0.931. The van der Waals surface area contributed by atoms with Crippen LogP contribution in [0.2, 0.25) is 0 Å². The van der Waals surface area contributed by atoms with Crippen LogP contribution in [0.5, 0.6) is 0 Å². The lowest BCUT2D eigenvalue weighted by molar-refractivity contribution is -0.133. The Morgan fingerprint density at radius 1 is 0.952 bits per heavy atom. The molecular formula is C18H20N2O. The van der Waals surface area contributed by atoms with Crippen LogP contribution in [0, 0.1) is 0 Å². The van der Waals surface area contributed by atoms with E-state index in [1.807, 2.05) is 29.2 Å². The second kappa shape index (κ2) is 6.55. The largest absolute Gasteiger partial charge is 0.336 e. The van der Waals surface area contributed by atoms with E-state index >= 15 is 0 Å². The van der Waals surface area contributed by atoms with Gasteiger partial charge in [0, 0.05) is 19.1 Å². The number of carbonyl (C=O) groups excluding carboxylic acids is 1. The molecule has 2 aromatic rings. The van der Waals surface area contributed by atoms with E-state index in [0.717, 1.165) is 13.0 Å². The molecule has 2 aromatic carbocycles. The van der Waals surface area contributed by atoms with Gasteiger partial charge in [0.05, 0.1) is 6.54 Å². The lowest BCUT2D eigenvalue weighted by atomic mass is 10.0. The summed E-state index contributed by atoms with van der Waals surface area (Å²) in [5.74, 6) is 0.183. The zero-order valence-electron chi connectivity index (χ0n) is 12.0. The van der Waals surface area contributed by atoms with E-state index in [1.54, 1.807) is 0 Å². The van der Waals surface area contributed by atoms with Crippen LogP contribution in [-0.2, 0) is 17.8 Å². The van der Waals surface area contributed by atoms with Gasteiger partial charge in [-0.2, -0.15) is 0 Å². The molecule has 3 heteroatoms. The lowest BCUT2D eigenvalue weighted by Crippen LogP contribution is -2.54. The highest BCUT2D eigenvalue weighted by Crippen LogP contribution is 2.11. The number of rotatable bonds is 4. The zero-order chi connectivity index (χ0) is 14.5. The summed E-state index contributed by atoms with van der Waals surface area (Å²) in [5.41, 5.74) is 2.50. The molecule has 0 bridgehead atoms. The molecule has 1 aliphatic rings. The first-order valence-electron chi connectivity index (χ1n) is 7.40. The van der Waals surface area contributed by atoms with Gasteiger partial charge < -0.3 is 10.2 Å². The number of benzene rings is 2. The van der Waals surface area contributed by atoms with Crippen molar-refractivity contribution in [2.75, 3.05) is 13.1 Å². The van der Waals surface area contributed by atoms with Gasteiger partial charge in [0.1, 0.15) is 0 Å². The molecule has 0 radical (unpaired) electrons. The van der Waals surface area contributed by atoms with E-state index in [2.05, 4.69) is 41.7 Å². The van der Waals surface area contributed by atoms with Crippen LogP contribution in [0.15, 0.2) is 60.7 Å². The van der Waals surface area contributed by atoms with Gasteiger partial charge in [-0.15, -0.1) is 0 Å². The Hall–Kier alpha value is -2.13. The fourth-order valence-corrected chi connectivity index (χ4v) is 2.77. The standard InChI is InChI=1S/C18H20N2O/c21-18-12-19-17(11-15-7-3-1-4-8-15)14-20(18)13-16-9-5-2-6-10-16/h1-10,17,19H,11-14H2. The maximum atomic E-state index is 12.1. The number of nitrogens with zero attached hydrogens (tertiary/aromatic N) is 1. The van der Waals surface area contributed by atoms with Crippen LogP contribution in [0.3, 0.4) is 0 Å². The predicted octanol–water partition coefficient (Wildman–Crippen LogP) is 2.23. The van der Waals surface area contributed by atoms with E-state index in [9.17, 15) is 4.79 Å². The number of hydrogen-bond acceptors (Lipinski definition) is 2. The third kappa shape index (κ3) is 3.70. The van der Waals surface area contributed by atoms with E-state index in [4.69, 9.17) is 0 Å². The second-order valence-corrected chi connectivity index (χ2v) is 5.53. The third-order valence-corrected chi connectivity index (χ3v) is 3.88. The van der Waals surface area contributed by atoms with Crippen molar-refractivity contribution >= 4 is 5.91 Å². The molecule has 3 nitrogen and oxygen atoms in total. The Kier molecular flexibility index (Phi) is 4.31. The first-order chi connectivity index (χ1) is 10.3. The van der Waals surface area contributed by atoms with Gasteiger partial charge in [0.25, 0.3) is 0 Å². The molecule has 3 rings (SSSR count). The molecule has 1 amide bonds. The van der Waals surface area contributed by atoms with Gasteiger partial charge in [0.15, 0.2) is 0 Å². The Labute approximate surface area is 125 Å². The van der Waals surface area contributed by atoms with Crippen LogP contribution in [0.25, 0.3) is 0 Å². The smallest absolute Gasteiger partial charge is 0.236 e. The van der Waals surface area contributed by atoms with Crippen molar-refractivity contribution in [2.24, 2.45) is 0 Å². The average Bonchev–Trinajstić information content (AvgIpc) is 2.53. The summed E-state index contributed by atoms with van der Waals surface area (Å²) in [6, 6.07) is 20.9. The molecule has 0 aliphatic carbocycles. The van der Waals surface area contributed by atoms with Gasteiger partial charge >= 0.3 is 0 Å². The summed E-state index contributed by atoms with van der Waals surface area (Å²) in [4.78, 5) is 14.0. The van der Waals surface area contributed by atoms with Crippen molar-refractivity contribution in [2.45, 2.75) is 19.0 Å². The minimum atomic E-state index is 0.183. The molecule has 0 aromatic heterocycles. The van der Waals surface area contributed by atoms with Crippen LogP contribution in [-0.4, -0.2) is 29.9 Å². The Morgan fingerprint density at radius 3 is 2.24 bits per heavy atom. The number of piperazine rings is 1. The van der Waals surface area contributed by atoms with Crippen molar-refractivity contribution in [3.63, 3.8) is 0 Å². The normalized spacial score (nSPS) is 18.8. The molecule has 21 heavy (non-hydrogen) atoms. The molecule has 0 spiro atoms. The molecule has 1 aliphatic heterocycles. The number of amides is 1. The highest BCUT2D eigenvalue weighted by atomic mass is 16.2. The maximum Gasteiger partial charge on any atom is 0.236 e. The Balaban J connectivity index is 1.63. The molecule has 1 saturated heterocycles. The Morgan fingerprint density at radius 2 is 1.57 bits per heavy atom. The van der Waals surface area contributed by atoms with Crippen molar-refractivity contribution in [1.29, 1.82) is 0 Å². The maximum absolute atomic E-state index is 12.1. The molecule has 1 atom stereocenters. The summed E-state index contributed by atoms with van der Waals surface area (Å²) in [5, 5.41) is 3.34. The molecule has 1 unspecified atom stereocenters. The van der Waals surface area contributed by atoms with Crippen LogP contribution < -0.4 is 5.32 Å². The molecule has 0 saturated carbocycles. The van der Waals surface area contributed by atoms with E-state index in [0.29, 0.717) is 19.1 Å². The van der Waals surface area contributed by atoms with Crippen molar-refractivity contribution < 1.29 is 4.79 Å². The summed E-state index contributed by atoms with van der Waals surface area (Å²) < 4.78 is 0. The summed E-state index contributed by atoms with van der Waals surface area (Å²) >= 11 is 0. The van der Waals surface area contributed by atoms with Crippen LogP contribution in [0.1, 0.15) is 11.1 Å². The lowest BCUT2D eigenvalue weighted by Gasteiger charge is -2.33. The molecule has 1 N–H and O–H groups in total. The first-order valence-corrected chi connectivity index (χ1v) is 7.40. The molecule has 1 heterocycles. The Bertz CT molecular complexity index is 583. The number of hydrogen-bond donors (Lipinski definition) is 1. The third-order valence-electron chi connectivity index (χ3n) is 3.88. The van der Waals surface area contributed by atoms with Gasteiger partial charge in [-0.1, -0.05) is 60.7 Å². The second-order valence-electron chi connectivity index (χ2n) is 5.53. The average molecular weight is 280 g/mol. The predicted molar refractivity (Wildman–Crippen MR) is 83.8 cm³/mol. The van der Waals surface area contributed by atoms with Crippen molar-refractivity contribution in [1.82, 2.24) is 10.2 Å². The summed E-state index contributed by atoms with van der Waals surface area (Å²) in [6.45, 7) is 1.90. The van der Waals surface area contributed by atoms with Crippen molar-refractivity contribution in [3.05, 3.63) is 71.8 Å². The van der Waals surface area contributed by atoms with Crippen LogP contribution in [0.4, 0.5) is 0 Å². The molecular weight excluding hydrogens is 260 g/mol. The van der Waals surface area contributed by atoms with Gasteiger partial charge in [-0.05, 0) is 17.5 Å². The van der Waals surface area contributed by atoms with Gasteiger partial charge in [-0.25, -0.2) is 0 Å². The topological polar surface area (TPSA) is 32.3 Å².